The first-order valence-corrected chi connectivity index (χ1v) is 14.7. The average molecular weight is 882 g/mol. The number of para-hydroxylation sites is 2. The van der Waals surface area contributed by atoms with Gasteiger partial charge in [0.1, 0.15) is 6.04 Å². The van der Waals surface area contributed by atoms with E-state index in [0.717, 1.165) is 0 Å². The molecule has 3 aromatic rings. The van der Waals surface area contributed by atoms with Crippen LogP contribution >= 0.6 is 67.8 Å². The van der Waals surface area contributed by atoms with Gasteiger partial charge in [-0.3, -0.25) is 24.5 Å². The van der Waals surface area contributed by atoms with Crippen LogP contribution in [0.3, 0.4) is 0 Å². The van der Waals surface area contributed by atoms with Crippen molar-refractivity contribution in [3.63, 3.8) is 0 Å². The van der Waals surface area contributed by atoms with E-state index in [1.54, 1.807) is 30.3 Å². The van der Waals surface area contributed by atoms with Crippen molar-refractivity contribution in [3.8, 4) is 5.75 Å². The summed E-state index contributed by atoms with van der Waals surface area (Å²) in [6, 6.07) is 13.1. The van der Waals surface area contributed by atoms with E-state index in [0.29, 0.717) is 27.6 Å². The average Bonchev–Trinajstić information content (AvgIpc) is 2.89. The molecule has 0 radical (unpaired) electrons. The standard InChI is InChI=1S/C26H21I3N4O7/c1-13(34)30-23-20(27)19(21(28)24(22(23)29)31-14(2)35)25(36)32-16(12-15-8-4-3-5-9-15)26(37)40-18-11-7-6-10-17(18)33(38)39/h3-11,16H,12H2,1-2H3,(H,30,34)(H,31,35)(H,32,36)/t16-/m0/s1. The maximum atomic E-state index is 13.7. The van der Waals surface area contributed by atoms with Crippen molar-refractivity contribution >= 4 is 109 Å². The Kier molecular flexibility index (Phi) is 11.2. The van der Waals surface area contributed by atoms with E-state index in [-0.39, 0.29) is 29.5 Å². The number of hydrogen-bond donors (Lipinski definition) is 3. The second-order valence-corrected chi connectivity index (χ2v) is 11.5. The van der Waals surface area contributed by atoms with Crippen LogP contribution in [0.15, 0.2) is 54.6 Å². The molecule has 3 N–H and O–H groups in total. The highest BCUT2D eigenvalue weighted by Crippen LogP contribution is 2.39. The third kappa shape index (κ3) is 7.87. The van der Waals surface area contributed by atoms with Crippen LogP contribution in [0.1, 0.15) is 29.8 Å². The van der Waals surface area contributed by atoms with Gasteiger partial charge in [0.05, 0.1) is 32.6 Å². The van der Waals surface area contributed by atoms with Crippen molar-refractivity contribution in [2.75, 3.05) is 10.6 Å². The summed E-state index contributed by atoms with van der Waals surface area (Å²) in [6.45, 7) is 2.63. The van der Waals surface area contributed by atoms with E-state index in [1.807, 2.05) is 67.8 Å². The lowest BCUT2D eigenvalue weighted by atomic mass is 10.0. The van der Waals surface area contributed by atoms with Gasteiger partial charge in [0.25, 0.3) is 5.91 Å². The molecule has 0 unspecified atom stereocenters. The molecular weight excluding hydrogens is 861 g/mol. The second-order valence-electron chi connectivity index (χ2n) is 8.29. The maximum absolute atomic E-state index is 13.7. The number of anilines is 2. The number of halogens is 3. The molecule has 3 aromatic carbocycles. The predicted molar refractivity (Wildman–Crippen MR) is 173 cm³/mol. The van der Waals surface area contributed by atoms with Gasteiger partial charge < -0.3 is 20.7 Å². The summed E-state index contributed by atoms with van der Waals surface area (Å²) < 4.78 is 6.69. The lowest BCUT2D eigenvalue weighted by Gasteiger charge is -2.22. The zero-order valence-corrected chi connectivity index (χ0v) is 27.4. The number of carbonyl (C=O) groups is 4. The molecule has 0 heterocycles. The van der Waals surface area contributed by atoms with Crippen molar-refractivity contribution in [1.29, 1.82) is 0 Å². The van der Waals surface area contributed by atoms with Crippen molar-refractivity contribution in [2.24, 2.45) is 0 Å². The Morgan fingerprint density at radius 3 is 1.90 bits per heavy atom. The van der Waals surface area contributed by atoms with E-state index >= 15 is 0 Å². The lowest BCUT2D eigenvalue weighted by Crippen LogP contribution is -2.45. The zero-order chi connectivity index (χ0) is 29.6. The predicted octanol–water partition coefficient (Wildman–Crippen LogP) is 5.27. The largest absolute Gasteiger partial charge is 0.418 e. The molecule has 0 bridgehead atoms. The van der Waals surface area contributed by atoms with Crippen LogP contribution in [0, 0.1) is 20.8 Å². The van der Waals surface area contributed by atoms with Crippen LogP contribution in [0.5, 0.6) is 5.75 Å². The van der Waals surface area contributed by atoms with Crippen LogP contribution in [0.2, 0.25) is 0 Å². The lowest BCUT2D eigenvalue weighted by molar-refractivity contribution is -0.385. The van der Waals surface area contributed by atoms with Gasteiger partial charge >= 0.3 is 11.7 Å². The highest BCUT2D eigenvalue weighted by molar-refractivity contribution is 14.1. The smallest absolute Gasteiger partial charge is 0.334 e. The molecule has 208 valence electrons. The third-order valence-electron chi connectivity index (χ3n) is 5.29. The molecule has 3 amide bonds. The summed E-state index contributed by atoms with van der Waals surface area (Å²) in [6.07, 6.45) is 0.0284. The van der Waals surface area contributed by atoms with Crippen LogP contribution in [0.25, 0.3) is 0 Å². The van der Waals surface area contributed by atoms with Gasteiger partial charge in [-0.2, -0.15) is 0 Å². The molecule has 0 aliphatic carbocycles. The van der Waals surface area contributed by atoms with Crippen LogP contribution in [-0.2, 0) is 20.8 Å². The van der Waals surface area contributed by atoms with Crippen LogP contribution in [0.4, 0.5) is 17.1 Å². The number of nitrogens with zero attached hydrogens (tertiary/aromatic N) is 1. The first-order chi connectivity index (χ1) is 18.9. The molecule has 0 saturated heterocycles. The van der Waals surface area contributed by atoms with E-state index in [2.05, 4.69) is 16.0 Å². The Hall–Kier alpha value is -2.87. The highest BCUT2D eigenvalue weighted by atomic mass is 127. The molecule has 0 aromatic heterocycles. The number of amides is 3. The Morgan fingerprint density at radius 2 is 1.38 bits per heavy atom. The Balaban J connectivity index is 2.05. The SMILES string of the molecule is CC(=O)Nc1c(I)c(NC(C)=O)c(I)c(C(=O)N[C@@H](Cc2ccccc2)C(=O)Oc2ccccc2[N+](=O)[O-])c1I. The van der Waals surface area contributed by atoms with Gasteiger partial charge in [-0.05, 0) is 79.4 Å². The third-order valence-corrected chi connectivity index (χ3v) is 8.53. The van der Waals surface area contributed by atoms with Gasteiger partial charge in [0.15, 0.2) is 0 Å². The van der Waals surface area contributed by atoms with Crippen LogP contribution in [-0.4, -0.2) is 34.7 Å². The van der Waals surface area contributed by atoms with E-state index in [1.165, 1.54) is 38.1 Å². The Bertz CT molecular complexity index is 1460. The van der Waals surface area contributed by atoms with Crippen molar-refractivity contribution in [2.45, 2.75) is 26.3 Å². The van der Waals surface area contributed by atoms with Gasteiger partial charge in [0, 0.05) is 26.3 Å². The molecule has 0 fully saturated rings. The topological polar surface area (TPSA) is 157 Å². The number of nitro groups is 1. The highest BCUT2D eigenvalue weighted by Gasteiger charge is 2.31. The minimum atomic E-state index is -1.24. The first-order valence-electron chi connectivity index (χ1n) is 11.5. The number of nitrogens with one attached hydrogen (secondary N) is 3. The molecule has 0 aliphatic heterocycles. The Morgan fingerprint density at radius 1 is 0.850 bits per heavy atom. The minimum Gasteiger partial charge on any atom is -0.418 e. The van der Waals surface area contributed by atoms with Gasteiger partial charge in [-0.25, -0.2) is 4.79 Å². The summed E-state index contributed by atoms with van der Waals surface area (Å²) in [5, 5.41) is 19.5. The molecule has 40 heavy (non-hydrogen) atoms. The zero-order valence-electron chi connectivity index (χ0n) is 20.9. The summed E-state index contributed by atoms with van der Waals surface area (Å²) in [4.78, 5) is 61.7. The molecule has 3 rings (SSSR count). The maximum Gasteiger partial charge on any atom is 0.334 e. The van der Waals surface area contributed by atoms with E-state index in [9.17, 15) is 29.3 Å². The number of carbonyl (C=O) groups excluding carboxylic acids is 4. The molecule has 0 aliphatic rings. The normalized spacial score (nSPS) is 11.2. The summed E-state index contributed by atoms with van der Waals surface area (Å²) in [5.74, 6) is -2.61. The quantitative estimate of drug-likeness (QED) is 0.0870. The summed E-state index contributed by atoms with van der Waals surface area (Å²) in [5.41, 5.74) is 1.07. The Labute approximate surface area is 269 Å². The van der Waals surface area contributed by atoms with Gasteiger partial charge in [-0.1, -0.05) is 42.5 Å². The fourth-order valence-electron chi connectivity index (χ4n) is 3.58. The minimum absolute atomic E-state index is 0.0284. The molecule has 14 heteroatoms. The van der Waals surface area contributed by atoms with Crippen molar-refractivity contribution in [3.05, 3.63) is 86.5 Å². The number of esters is 1. The summed E-state index contributed by atoms with van der Waals surface area (Å²) >= 11 is 5.81. The number of hydrogen-bond acceptors (Lipinski definition) is 7. The monoisotopic (exact) mass is 882 g/mol. The van der Waals surface area contributed by atoms with E-state index < -0.39 is 28.5 Å². The fraction of sp³-hybridized carbons (Fsp3) is 0.154. The number of rotatable bonds is 9. The number of ether oxygens (including phenoxy) is 1. The molecule has 1 atom stereocenters. The van der Waals surface area contributed by atoms with E-state index in [4.69, 9.17) is 4.74 Å². The summed E-state index contributed by atoms with van der Waals surface area (Å²) in [7, 11) is 0. The number of nitro benzene ring substituents is 1. The van der Waals surface area contributed by atoms with Crippen molar-refractivity contribution in [1.82, 2.24) is 5.32 Å². The number of benzene rings is 3. The van der Waals surface area contributed by atoms with Crippen LogP contribution < -0.4 is 20.7 Å². The van der Waals surface area contributed by atoms with Gasteiger partial charge in [-0.15, -0.1) is 0 Å². The fourth-order valence-corrected chi connectivity index (χ4v) is 7.78. The molecular formula is C26H21I3N4O7. The molecule has 11 nitrogen and oxygen atoms in total. The molecule has 0 saturated carbocycles. The molecule has 0 spiro atoms. The second kappa shape index (κ2) is 14.2. The van der Waals surface area contributed by atoms with Crippen molar-refractivity contribution < 1.29 is 28.8 Å². The first kappa shape index (κ1) is 31.7. The van der Waals surface area contributed by atoms with Gasteiger partial charge in [0.2, 0.25) is 17.6 Å².